The molecular formula is C23H21N2O+. The SMILES string of the molecule is Cc1cc2oc3c(C(C)C)c(C#N)ccc3c2cc1-c1cccc[n+]1C. The summed E-state index contributed by atoms with van der Waals surface area (Å²) >= 11 is 0. The van der Waals surface area contributed by atoms with Crippen LogP contribution in [0.25, 0.3) is 33.2 Å². The van der Waals surface area contributed by atoms with Gasteiger partial charge in [-0.05, 0) is 48.7 Å². The second kappa shape index (κ2) is 6.00. The first kappa shape index (κ1) is 16.4. The number of aryl methyl sites for hydroxylation is 2. The van der Waals surface area contributed by atoms with E-state index in [-0.39, 0.29) is 5.92 Å². The summed E-state index contributed by atoms with van der Waals surface area (Å²) in [7, 11) is 2.06. The molecule has 128 valence electrons. The molecule has 3 nitrogen and oxygen atoms in total. The highest BCUT2D eigenvalue weighted by Gasteiger charge is 2.20. The number of benzene rings is 2. The van der Waals surface area contributed by atoms with E-state index in [0.29, 0.717) is 5.56 Å². The summed E-state index contributed by atoms with van der Waals surface area (Å²) in [6.45, 7) is 6.31. The van der Waals surface area contributed by atoms with Gasteiger partial charge in [-0.1, -0.05) is 13.8 Å². The largest absolute Gasteiger partial charge is 0.456 e. The Balaban J connectivity index is 2.08. The lowest BCUT2D eigenvalue weighted by atomic mass is 9.94. The highest BCUT2D eigenvalue weighted by Crippen LogP contribution is 2.38. The van der Waals surface area contributed by atoms with Gasteiger partial charge in [-0.15, -0.1) is 0 Å². The molecule has 26 heavy (non-hydrogen) atoms. The van der Waals surface area contributed by atoms with Crippen LogP contribution in [0, 0.1) is 18.3 Å². The van der Waals surface area contributed by atoms with Gasteiger partial charge in [0, 0.05) is 34.0 Å². The third-order valence-electron chi connectivity index (χ3n) is 5.05. The summed E-state index contributed by atoms with van der Waals surface area (Å²) in [5.41, 5.74) is 6.92. The molecule has 0 spiro atoms. The molecule has 0 saturated heterocycles. The Morgan fingerprint density at radius 3 is 2.58 bits per heavy atom. The van der Waals surface area contributed by atoms with Crippen molar-refractivity contribution >= 4 is 21.9 Å². The van der Waals surface area contributed by atoms with Crippen LogP contribution in [-0.2, 0) is 7.05 Å². The van der Waals surface area contributed by atoms with Crippen LogP contribution in [0.2, 0.25) is 0 Å². The Kier molecular flexibility index (Phi) is 3.77. The zero-order valence-corrected chi connectivity index (χ0v) is 15.5. The molecule has 4 aromatic rings. The average molecular weight is 341 g/mol. The summed E-state index contributed by atoms with van der Waals surface area (Å²) in [5.74, 6) is 0.224. The first-order valence-electron chi connectivity index (χ1n) is 8.86. The van der Waals surface area contributed by atoms with Gasteiger partial charge in [0.1, 0.15) is 18.2 Å². The van der Waals surface area contributed by atoms with Crippen molar-refractivity contribution in [3.8, 4) is 17.3 Å². The van der Waals surface area contributed by atoms with Crippen molar-refractivity contribution < 1.29 is 8.98 Å². The van der Waals surface area contributed by atoms with Gasteiger partial charge in [0.25, 0.3) is 0 Å². The van der Waals surface area contributed by atoms with Crippen LogP contribution in [0.5, 0.6) is 0 Å². The fourth-order valence-corrected chi connectivity index (χ4v) is 3.76. The molecule has 2 aromatic heterocycles. The van der Waals surface area contributed by atoms with Gasteiger partial charge in [0.05, 0.1) is 11.6 Å². The molecule has 0 fully saturated rings. The smallest absolute Gasteiger partial charge is 0.212 e. The van der Waals surface area contributed by atoms with E-state index in [1.165, 1.54) is 16.8 Å². The van der Waals surface area contributed by atoms with Crippen LogP contribution in [0.3, 0.4) is 0 Å². The second-order valence-corrected chi connectivity index (χ2v) is 7.13. The normalized spacial score (nSPS) is 11.4. The van der Waals surface area contributed by atoms with E-state index < -0.39 is 0 Å². The summed E-state index contributed by atoms with van der Waals surface area (Å²) in [4.78, 5) is 0. The summed E-state index contributed by atoms with van der Waals surface area (Å²) in [6, 6.07) is 16.8. The molecule has 0 aliphatic heterocycles. The molecular weight excluding hydrogens is 320 g/mol. The number of pyridine rings is 1. The van der Waals surface area contributed by atoms with Crippen LogP contribution in [-0.4, -0.2) is 0 Å². The van der Waals surface area contributed by atoms with Gasteiger partial charge in [0.2, 0.25) is 5.69 Å². The van der Waals surface area contributed by atoms with E-state index in [1.54, 1.807) is 0 Å². The first-order chi connectivity index (χ1) is 12.5. The first-order valence-corrected chi connectivity index (χ1v) is 8.86. The minimum absolute atomic E-state index is 0.224. The molecule has 3 heteroatoms. The van der Waals surface area contributed by atoms with Crippen LogP contribution in [0.4, 0.5) is 0 Å². The topological polar surface area (TPSA) is 40.8 Å². The molecule has 0 unspecified atom stereocenters. The lowest BCUT2D eigenvalue weighted by Crippen LogP contribution is -2.30. The van der Waals surface area contributed by atoms with Gasteiger partial charge in [-0.3, -0.25) is 0 Å². The van der Waals surface area contributed by atoms with E-state index in [0.717, 1.165) is 27.5 Å². The number of hydrogen-bond acceptors (Lipinski definition) is 2. The number of nitriles is 1. The van der Waals surface area contributed by atoms with Crippen molar-refractivity contribution in [2.45, 2.75) is 26.7 Å². The van der Waals surface area contributed by atoms with Crippen molar-refractivity contribution in [2.24, 2.45) is 7.05 Å². The number of furan rings is 1. The predicted octanol–water partition coefficient (Wildman–Crippen LogP) is 5.38. The molecule has 0 saturated carbocycles. The van der Waals surface area contributed by atoms with Crippen LogP contribution in [0.1, 0.15) is 36.5 Å². The number of aromatic nitrogens is 1. The van der Waals surface area contributed by atoms with Crippen molar-refractivity contribution in [3.63, 3.8) is 0 Å². The van der Waals surface area contributed by atoms with E-state index in [1.807, 2.05) is 18.2 Å². The van der Waals surface area contributed by atoms with Crippen molar-refractivity contribution in [1.29, 1.82) is 5.26 Å². The Labute approximate surface area is 153 Å². The minimum atomic E-state index is 0.224. The molecule has 0 aliphatic rings. The summed E-state index contributed by atoms with van der Waals surface area (Å²) in [6.07, 6.45) is 2.06. The van der Waals surface area contributed by atoms with Crippen LogP contribution < -0.4 is 4.57 Å². The third-order valence-corrected chi connectivity index (χ3v) is 5.05. The second-order valence-electron chi connectivity index (χ2n) is 7.13. The van der Waals surface area contributed by atoms with Crippen molar-refractivity contribution in [3.05, 3.63) is 65.4 Å². The zero-order valence-electron chi connectivity index (χ0n) is 15.5. The Morgan fingerprint density at radius 2 is 1.88 bits per heavy atom. The Morgan fingerprint density at radius 1 is 1.08 bits per heavy atom. The standard InChI is InChI=1S/C23H21N2O/c1-14(2)22-16(13-24)8-9-17-19-12-18(20-7-5-6-10-25(20)4)15(3)11-21(19)26-23(17)22/h5-12,14H,1-4H3/q+1. The fraction of sp³-hybridized carbons (Fsp3) is 0.217. The van der Waals surface area contributed by atoms with Gasteiger partial charge >= 0.3 is 0 Å². The van der Waals surface area contributed by atoms with E-state index >= 15 is 0 Å². The highest BCUT2D eigenvalue weighted by atomic mass is 16.3. The average Bonchev–Trinajstić information content (AvgIpc) is 2.97. The van der Waals surface area contributed by atoms with Crippen molar-refractivity contribution in [1.82, 2.24) is 0 Å². The molecule has 0 atom stereocenters. The van der Waals surface area contributed by atoms with E-state index in [2.05, 4.69) is 68.9 Å². The van der Waals surface area contributed by atoms with E-state index in [9.17, 15) is 5.26 Å². The number of rotatable bonds is 2. The molecule has 0 bridgehead atoms. The van der Waals surface area contributed by atoms with Gasteiger partial charge in [-0.2, -0.15) is 5.26 Å². The van der Waals surface area contributed by atoms with Gasteiger partial charge in [-0.25, -0.2) is 4.57 Å². The van der Waals surface area contributed by atoms with Gasteiger partial charge in [0.15, 0.2) is 6.20 Å². The molecule has 4 rings (SSSR count). The lowest BCUT2D eigenvalue weighted by molar-refractivity contribution is -0.660. The maximum absolute atomic E-state index is 9.47. The molecule has 2 heterocycles. The molecule has 0 aliphatic carbocycles. The molecule has 0 amide bonds. The molecule has 2 aromatic carbocycles. The molecule has 0 N–H and O–H groups in total. The quantitative estimate of drug-likeness (QED) is 0.459. The Hall–Kier alpha value is -3.12. The van der Waals surface area contributed by atoms with Crippen molar-refractivity contribution in [2.75, 3.05) is 0 Å². The number of hydrogen-bond donors (Lipinski definition) is 0. The number of nitrogens with zero attached hydrogens (tertiary/aromatic N) is 2. The zero-order chi connectivity index (χ0) is 18.4. The maximum Gasteiger partial charge on any atom is 0.212 e. The fourth-order valence-electron chi connectivity index (χ4n) is 3.76. The van der Waals surface area contributed by atoms with Crippen LogP contribution in [0.15, 0.2) is 53.1 Å². The highest BCUT2D eigenvalue weighted by molar-refractivity contribution is 6.08. The predicted molar refractivity (Wildman–Crippen MR) is 104 cm³/mol. The van der Waals surface area contributed by atoms with E-state index in [4.69, 9.17) is 4.42 Å². The number of fused-ring (bicyclic) bond motifs is 3. The monoisotopic (exact) mass is 341 g/mol. The lowest BCUT2D eigenvalue weighted by Gasteiger charge is -2.08. The summed E-state index contributed by atoms with van der Waals surface area (Å²) in [5, 5.41) is 11.6. The maximum atomic E-state index is 9.47. The van der Waals surface area contributed by atoms with Gasteiger partial charge < -0.3 is 4.42 Å². The summed E-state index contributed by atoms with van der Waals surface area (Å²) < 4.78 is 8.36. The minimum Gasteiger partial charge on any atom is -0.456 e. The molecule has 0 radical (unpaired) electrons. The van der Waals surface area contributed by atoms with Crippen LogP contribution >= 0.6 is 0 Å². The Bertz CT molecular complexity index is 1190. The third kappa shape index (κ3) is 2.38.